The summed E-state index contributed by atoms with van der Waals surface area (Å²) in [4.78, 5) is 16.6. The average molecular weight is 274 g/mol. The summed E-state index contributed by atoms with van der Waals surface area (Å²) >= 11 is 0. The molecule has 0 aliphatic carbocycles. The van der Waals surface area contributed by atoms with Crippen LogP contribution < -0.4 is 0 Å². The van der Waals surface area contributed by atoms with Crippen LogP contribution in [0.15, 0.2) is 24.3 Å². The van der Waals surface area contributed by atoms with Gasteiger partial charge < -0.3 is 9.64 Å². The second kappa shape index (κ2) is 6.37. The van der Waals surface area contributed by atoms with Crippen LogP contribution in [-0.2, 0) is 22.5 Å². The first-order chi connectivity index (χ1) is 9.83. The molecule has 4 nitrogen and oxygen atoms in total. The number of morpholine rings is 1. The van der Waals surface area contributed by atoms with Gasteiger partial charge in [0.15, 0.2) is 0 Å². The van der Waals surface area contributed by atoms with Crippen LogP contribution in [0.4, 0.5) is 0 Å². The highest BCUT2D eigenvalue weighted by molar-refractivity contribution is 5.76. The highest BCUT2D eigenvalue weighted by Crippen LogP contribution is 2.19. The molecule has 1 fully saturated rings. The fourth-order valence-electron chi connectivity index (χ4n) is 2.95. The predicted octanol–water partition coefficient (Wildman–Crippen LogP) is 1.29. The predicted molar refractivity (Wildman–Crippen MR) is 77.4 cm³/mol. The lowest BCUT2D eigenvalue weighted by Gasteiger charge is -2.31. The number of fused-ring (bicyclic) bond motifs is 1. The van der Waals surface area contributed by atoms with Crippen molar-refractivity contribution in [3.8, 4) is 0 Å². The summed E-state index contributed by atoms with van der Waals surface area (Å²) in [6.45, 7) is 6.00. The third kappa shape index (κ3) is 3.19. The summed E-state index contributed by atoms with van der Waals surface area (Å²) in [5.41, 5.74) is 2.70. The summed E-state index contributed by atoms with van der Waals surface area (Å²) in [7, 11) is 0. The Hall–Kier alpha value is -1.39. The van der Waals surface area contributed by atoms with Crippen LogP contribution >= 0.6 is 0 Å². The number of hydrogen-bond acceptors (Lipinski definition) is 3. The van der Waals surface area contributed by atoms with E-state index >= 15 is 0 Å². The second-order valence-electron chi connectivity index (χ2n) is 5.54. The van der Waals surface area contributed by atoms with Crippen molar-refractivity contribution in [3.05, 3.63) is 35.4 Å². The maximum absolute atomic E-state index is 12.3. The van der Waals surface area contributed by atoms with E-state index < -0.39 is 0 Å². The molecule has 1 aromatic carbocycles. The molecule has 0 spiro atoms. The zero-order chi connectivity index (χ0) is 13.8. The molecule has 20 heavy (non-hydrogen) atoms. The minimum absolute atomic E-state index is 0.283. The number of rotatable bonds is 3. The van der Waals surface area contributed by atoms with Gasteiger partial charge in [-0.3, -0.25) is 9.69 Å². The SMILES string of the molecule is O=C(CCN1CCOCC1)N1CCc2ccccc2C1. The van der Waals surface area contributed by atoms with Crippen molar-refractivity contribution in [2.75, 3.05) is 39.4 Å². The topological polar surface area (TPSA) is 32.8 Å². The van der Waals surface area contributed by atoms with Crippen molar-refractivity contribution in [2.24, 2.45) is 0 Å². The second-order valence-corrected chi connectivity index (χ2v) is 5.54. The fraction of sp³-hybridized carbons (Fsp3) is 0.562. The van der Waals surface area contributed by atoms with E-state index in [2.05, 4.69) is 29.2 Å². The van der Waals surface area contributed by atoms with Gasteiger partial charge in [0.1, 0.15) is 0 Å². The maximum Gasteiger partial charge on any atom is 0.224 e. The minimum atomic E-state index is 0.283. The summed E-state index contributed by atoms with van der Waals surface area (Å²) in [5, 5.41) is 0. The molecule has 108 valence electrons. The highest BCUT2D eigenvalue weighted by atomic mass is 16.5. The lowest BCUT2D eigenvalue weighted by molar-refractivity contribution is -0.132. The molecule has 3 rings (SSSR count). The number of ether oxygens (including phenoxy) is 1. The Kier molecular flexibility index (Phi) is 4.33. The summed E-state index contributed by atoms with van der Waals surface area (Å²) in [6, 6.07) is 8.44. The molecule has 1 aromatic rings. The maximum atomic E-state index is 12.3. The molecule has 0 saturated carbocycles. The van der Waals surface area contributed by atoms with Crippen LogP contribution in [0.2, 0.25) is 0 Å². The Morgan fingerprint density at radius 3 is 2.65 bits per heavy atom. The van der Waals surface area contributed by atoms with Crippen LogP contribution in [0.3, 0.4) is 0 Å². The van der Waals surface area contributed by atoms with E-state index in [4.69, 9.17) is 4.74 Å². The standard InChI is InChI=1S/C16H22N2O2/c19-16(6-7-17-9-11-20-12-10-17)18-8-5-14-3-1-2-4-15(14)13-18/h1-4H,5-13H2. The lowest BCUT2D eigenvalue weighted by Crippen LogP contribution is -2.41. The zero-order valence-corrected chi connectivity index (χ0v) is 11.9. The average Bonchev–Trinajstić information content (AvgIpc) is 2.53. The summed E-state index contributed by atoms with van der Waals surface area (Å²) < 4.78 is 5.32. The molecule has 4 heteroatoms. The van der Waals surface area contributed by atoms with Gasteiger partial charge in [-0.15, -0.1) is 0 Å². The molecular formula is C16H22N2O2. The minimum Gasteiger partial charge on any atom is -0.379 e. The van der Waals surface area contributed by atoms with Crippen molar-refractivity contribution in [1.29, 1.82) is 0 Å². The van der Waals surface area contributed by atoms with Crippen molar-refractivity contribution in [2.45, 2.75) is 19.4 Å². The van der Waals surface area contributed by atoms with Gasteiger partial charge in [0.05, 0.1) is 13.2 Å². The van der Waals surface area contributed by atoms with E-state index in [9.17, 15) is 4.79 Å². The van der Waals surface area contributed by atoms with Gasteiger partial charge in [-0.25, -0.2) is 0 Å². The molecule has 1 amide bonds. The first-order valence-corrected chi connectivity index (χ1v) is 7.47. The molecular weight excluding hydrogens is 252 g/mol. The summed E-state index contributed by atoms with van der Waals surface area (Å²) in [5.74, 6) is 0.283. The first kappa shape index (κ1) is 13.6. The molecule has 0 atom stereocenters. The largest absolute Gasteiger partial charge is 0.379 e. The molecule has 0 radical (unpaired) electrons. The number of benzene rings is 1. The molecule has 2 aliphatic rings. The van der Waals surface area contributed by atoms with Gasteiger partial charge in [-0.1, -0.05) is 24.3 Å². The van der Waals surface area contributed by atoms with E-state index in [0.29, 0.717) is 6.42 Å². The van der Waals surface area contributed by atoms with E-state index in [1.54, 1.807) is 0 Å². The van der Waals surface area contributed by atoms with E-state index in [-0.39, 0.29) is 5.91 Å². The summed E-state index contributed by atoms with van der Waals surface area (Å²) in [6.07, 6.45) is 1.61. The highest BCUT2D eigenvalue weighted by Gasteiger charge is 2.21. The number of carbonyl (C=O) groups excluding carboxylic acids is 1. The molecule has 2 heterocycles. The number of amides is 1. The van der Waals surface area contributed by atoms with Crippen LogP contribution in [-0.4, -0.2) is 55.1 Å². The monoisotopic (exact) mass is 274 g/mol. The van der Waals surface area contributed by atoms with Gasteiger partial charge in [-0.2, -0.15) is 0 Å². The van der Waals surface area contributed by atoms with Crippen molar-refractivity contribution >= 4 is 5.91 Å². The van der Waals surface area contributed by atoms with E-state index in [1.165, 1.54) is 11.1 Å². The molecule has 0 N–H and O–H groups in total. The van der Waals surface area contributed by atoms with E-state index in [1.807, 2.05) is 4.90 Å². The number of nitrogens with zero attached hydrogens (tertiary/aromatic N) is 2. The van der Waals surface area contributed by atoms with Gasteiger partial charge in [0, 0.05) is 39.1 Å². The molecule has 0 bridgehead atoms. The third-order valence-corrected chi connectivity index (χ3v) is 4.23. The van der Waals surface area contributed by atoms with Crippen molar-refractivity contribution in [1.82, 2.24) is 9.80 Å². The van der Waals surface area contributed by atoms with Crippen LogP contribution in [0, 0.1) is 0 Å². The van der Waals surface area contributed by atoms with Gasteiger partial charge in [0.25, 0.3) is 0 Å². The van der Waals surface area contributed by atoms with Crippen LogP contribution in [0.1, 0.15) is 17.5 Å². The van der Waals surface area contributed by atoms with Gasteiger partial charge >= 0.3 is 0 Å². The van der Waals surface area contributed by atoms with Crippen molar-refractivity contribution in [3.63, 3.8) is 0 Å². The molecule has 1 saturated heterocycles. The Morgan fingerprint density at radius 2 is 1.85 bits per heavy atom. The van der Waals surface area contributed by atoms with Crippen LogP contribution in [0.25, 0.3) is 0 Å². The molecule has 0 aromatic heterocycles. The third-order valence-electron chi connectivity index (χ3n) is 4.23. The number of hydrogen-bond donors (Lipinski definition) is 0. The quantitative estimate of drug-likeness (QED) is 0.833. The Balaban J connectivity index is 1.51. The Bertz CT molecular complexity index is 469. The first-order valence-electron chi connectivity index (χ1n) is 7.47. The normalized spacial score (nSPS) is 19.7. The fourth-order valence-corrected chi connectivity index (χ4v) is 2.95. The smallest absolute Gasteiger partial charge is 0.224 e. The number of carbonyl (C=O) groups is 1. The van der Waals surface area contributed by atoms with Gasteiger partial charge in [0.2, 0.25) is 5.91 Å². The molecule has 2 aliphatic heterocycles. The van der Waals surface area contributed by atoms with Gasteiger partial charge in [-0.05, 0) is 17.5 Å². The molecule has 0 unspecified atom stereocenters. The van der Waals surface area contributed by atoms with Crippen LogP contribution in [0.5, 0.6) is 0 Å². The zero-order valence-electron chi connectivity index (χ0n) is 11.9. The van der Waals surface area contributed by atoms with E-state index in [0.717, 1.165) is 52.4 Å². The Morgan fingerprint density at radius 1 is 1.10 bits per heavy atom. The lowest BCUT2D eigenvalue weighted by atomic mass is 10.00. The van der Waals surface area contributed by atoms with Crippen molar-refractivity contribution < 1.29 is 9.53 Å². The Labute approximate surface area is 120 Å².